The second-order valence-corrected chi connectivity index (χ2v) is 4.35. The summed E-state index contributed by atoms with van der Waals surface area (Å²) in [5, 5.41) is 0. The van der Waals surface area contributed by atoms with E-state index in [0.717, 1.165) is 0 Å². The fraction of sp³-hybridized carbons (Fsp3) is 0.429. The molecule has 0 heterocycles. The molecule has 0 saturated carbocycles. The number of likely N-dealkylation sites (N-methyl/N-ethyl adjacent to an activating group) is 1. The molecule has 0 radical (unpaired) electrons. The molecule has 1 unspecified atom stereocenters. The second kappa shape index (κ2) is 6.31. The van der Waals surface area contributed by atoms with Gasteiger partial charge in [0.25, 0.3) is 5.91 Å². The van der Waals surface area contributed by atoms with Crippen LogP contribution in [0.5, 0.6) is 0 Å². The summed E-state index contributed by atoms with van der Waals surface area (Å²) in [5.74, 6) is 0.00104. The SMILES string of the molecule is CCC(=O)c1ccc(C(=O)N(C)C(C)CN)cc1. The summed E-state index contributed by atoms with van der Waals surface area (Å²) in [6.45, 7) is 4.14. The molecule has 0 saturated heterocycles. The second-order valence-electron chi connectivity index (χ2n) is 4.35. The lowest BCUT2D eigenvalue weighted by molar-refractivity contribution is 0.0748. The molecule has 0 spiro atoms. The molecular formula is C14H20N2O2. The Hall–Kier alpha value is -1.68. The van der Waals surface area contributed by atoms with Crippen LogP contribution in [0.4, 0.5) is 0 Å². The first-order valence-corrected chi connectivity index (χ1v) is 6.11. The summed E-state index contributed by atoms with van der Waals surface area (Å²) < 4.78 is 0. The molecule has 1 aromatic carbocycles. The highest BCUT2D eigenvalue weighted by Gasteiger charge is 2.16. The number of hydrogen-bond donors (Lipinski definition) is 1. The molecule has 0 aliphatic heterocycles. The van der Waals surface area contributed by atoms with E-state index in [9.17, 15) is 9.59 Å². The topological polar surface area (TPSA) is 63.4 Å². The molecule has 0 aliphatic rings. The van der Waals surface area contributed by atoms with Crippen molar-refractivity contribution in [2.45, 2.75) is 26.3 Å². The minimum atomic E-state index is -0.0801. The predicted octanol–water partition coefficient (Wildman–Crippen LogP) is 1.70. The first-order valence-electron chi connectivity index (χ1n) is 6.11. The number of Topliss-reactive ketones (excluding diaryl/α,β-unsaturated/α-hetero) is 1. The monoisotopic (exact) mass is 248 g/mol. The maximum atomic E-state index is 12.1. The number of hydrogen-bond acceptors (Lipinski definition) is 3. The van der Waals surface area contributed by atoms with Crippen molar-refractivity contribution in [1.29, 1.82) is 0 Å². The van der Waals surface area contributed by atoms with Gasteiger partial charge in [0.1, 0.15) is 0 Å². The third-order valence-electron chi connectivity index (χ3n) is 3.10. The fourth-order valence-corrected chi connectivity index (χ4v) is 1.56. The summed E-state index contributed by atoms with van der Waals surface area (Å²) in [6.07, 6.45) is 0.470. The maximum absolute atomic E-state index is 12.1. The van der Waals surface area contributed by atoms with Crippen LogP contribution in [0.25, 0.3) is 0 Å². The van der Waals surface area contributed by atoms with Gasteiger partial charge in [0.2, 0.25) is 0 Å². The van der Waals surface area contributed by atoms with Gasteiger partial charge in [-0.1, -0.05) is 19.1 Å². The number of carbonyl (C=O) groups excluding carboxylic acids is 2. The first kappa shape index (κ1) is 14.4. The standard InChI is InChI=1S/C14H20N2O2/c1-4-13(17)11-5-7-12(8-6-11)14(18)16(3)10(2)9-15/h5-8,10H,4,9,15H2,1-3H3. The van der Waals surface area contributed by atoms with Crippen LogP contribution in [0.1, 0.15) is 41.0 Å². The predicted molar refractivity (Wildman–Crippen MR) is 71.7 cm³/mol. The molecule has 18 heavy (non-hydrogen) atoms. The van der Waals surface area contributed by atoms with Crippen LogP contribution in [-0.2, 0) is 0 Å². The Morgan fingerprint density at radius 3 is 2.17 bits per heavy atom. The highest BCUT2D eigenvalue weighted by molar-refractivity contribution is 5.98. The number of carbonyl (C=O) groups is 2. The highest BCUT2D eigenvalue weighted by atomic mass is 16.2. The Morgan fingerprint density at radius 1 is 1.22 bits per heavy atom. The van der Waals surface area contributed by atoms with Gasteiger partial charge in [0, 0.05) is 37.2 Å². The van der Waals surface area contributed by atoms with Gasteiger partial charge in [-0.2, -0.15) is 0 Å². The van der Waals surface area contributed by atoms with Crippen molar-refractivity contribution in [2.24, 2.45) is 5.73 Å². The smallest absolute Gasteiger partial charge is 0.253 e. The van der Waals surface area contributed by atoms with Crippen molar-refractivity contribution in [3.05, 3.63) is 35.4 Å². The normalized spacial score (nSPS) is 12.0. The van der Waals surface area contributed by atoms with Crippen molar-refractivity contribution in [1.82, 2.24) is 4.90 Å². The Kier molecular flexibility index (Phi) is 5.04. The Balaban J connectivity index is 2.85. The lowest BCUT2D eigenvalue weighted by atomic mass is 10.1. The lowest BCUT2D eigenvalue weighted by Gasteiger charge is -2.23. The summed E-state index contributed by atoms with van der Waals surface area (Å²) in [7, 11) is 1.73. The van der Waals surface area contributed by atoms with Crippen LogP contribution in [-0.4, -0.2) is 36.2 Å². The van der Waals surface area contributed by atoms with Crippen LogP contribution in [0.2, 0.25) is 0 Å². The number of nitrogens with two attached hydrogens (primary N) is 1. The molecular weight excluding hydrogens is 228 g/mol. The number of ketones is 1. The molecule has 4 heteroatoms. The van der Waals surface area contributed by atoms with Gasteiger partial charge in [0.15, 0.2) is 5.78 Å². The number of benzene rings is 1. The number of amides is 1. The van der Waals surface area contributed by atoms with Crippen LogP contribution >= 0.6 is 0 Å². The van der Waals surface area contributed by atoms with Crippen molar-refractivity contribution in [3.8, 4) is 0 Å². The molecule has 98 valence electrons. The zero-order chi connectivity index (χ0) is 13.7. The van der Waals surface area contributed by atoms with E-state index in [4.69, 9.17) is 5.73 Å². The minimum absolute atomic E-state index is 0.00514. The quantitative estimate of drug-likeness (QED) is 0.807. The van der Waals surface area contributed by atoms with Crippen LogP contribution in [0.3, 0.4) is 0 Å². The number of nitrogens with zero attached hydrogens (tertiary/aromatic N) is 1. The molecule has 1 rings (SSSR count). The molecule has 0 fully saturated rings. The Morgan fingerprint density at radius 2 is 1.72 bits per heavy atom. The van der Waals surface area contributed by atoms with E-state index in [-0.39, 0.29) is 17.7 Å². The first-order chi connectivity index (χ1) is 8.51. The zero-order valence-electron chi connectivity index (χ0n) is 11.1. The summed E-state index contributed by atoms with van der Waals surface area (Å²) in [4.78, 5) is 25.2. The van der Waals surface area contributed by atoms with Crippen molar-refractivity contribution < 1.29 is 9.59 Å². The van der Waals surface area contributed by atoms with Gasteiger partial charge in [-0.15, -0.1) is 0 Å². The van der Waals surface area contributed by atoms with Gasteiger partial charge < -0.3 is 10.6 Å². The van der Waals surface area contributed by atoms with Crippen molar-refractivity contribution in [2.75, 3.05) is 13.6 Å². The molecule has 1 amide bonds. The van der Waals surface area contributed by atoms with Crippen molar-refractivity contribution in [3.63, 3.8) is 0 Å². The molecule has 1 atom stereocenters. The average Bonchev–Trinajstić information content (AvgIpc) is 2.44. The fourth-order valence-electron chi connectivity index (χ4n) is 1.56. The molecule has 0 bridgehead atoms. The average molecular weight is 248 g/mol. The van der Waals surface area contributed by atoms with E-state index >= 15 is 0 Å². The molecule has 1 aromatic rings. The van der Waals surface area contributed by atoms with E-state index in [0.29, 0.717) is 24.1 Å². The van der Waals surface area contributed by atoms with Gasteiger partial charge in [-0.05, 0) is 19.1 Å². The summed E-state index contributed by atoms with van der Waals surface area (Å²) in [6, 6.07) is 6.75. The van der Waals surface area contributed by atoms with E-state index in [1.807, 2.05) is 13.8 Å². The molecule has 2 N–H and O–H groups in total. The van der Waals surface area contributed by atoms with Gasteiger partial charge in [-0.25, -0.2) is 0 Å². The van der Waals surface area contributed by atoms with Gasteiger partial charge in [-0.3, -0.25) is 9.59 Å². The Bertz CT molecular complexity index is 426. The van der Waals surface area contributed by atoms with Gasteiger partial charge >= 0.3 is 0 Å². The van der Waals surface area contributed by atoms with E-state index in [1.165, 1.54) is 0 Å². The minimum Gasteiger partial charge on any atom is -0.338 e. The third-order valence-corrected chi connectivity index (χ3v) is 3.10. The highest BCUT2D eigenvalue weighted by Crippen LogP contribution is 2.10. The summed E-state index contributed by atoms with van der Waals surface area (Å²) in [5.41, 5.74) is 6.75. The largest absolute Gasteiger partial charge is 0.338 e. The van der Waals surface area contributed by atoms with E-state index in [2.05, 4.69) is 0 Å². The zero-order valence-corrected chi connectivity index (χ0v) is 11.1. The van der Waals surface area contributed by atoms with Crippen molar-refractivity contribution >= 4 is 11.7 Å². The van der Waals surface area contributed by atoms with Gasteiger partial charge in [0.05, 0.1) is 0 Å². The van der Waals surface area contributed by atoms with E-state index in [1.54, 1.807) is 36.2 Å². The molecule has 0 aliphatic carbocycles. The summed E-state index contributed by atoms with van der Waals surface area (Å²) >= 11 is 0. The third kappa shape index (κ3) is 3.17. The molecule has 4 nitrogen and oxygen atoms in total. The lowest BCUT2D eigenvalue weighted by Crippen LogP contribution is -2.39. The van der Waals surface area contributed by atoms with Crippen LogP contribution < -0.4 is 5.73 Å². The number of rotatable bonds is 5. The van der Waals surface area contributed by atoms with E-state index < -0.39 is 0 Å². The van der Waals surface area contributed by atoms with Crippen LogP contribution in [0, 0.1) is 0 Å². The van der Waals surface area contributed by atoms with Crippen LogP contribution in [0.15, 0.2) is 24.3 Å². The Labute approximate surface area is 108 Å². The maximum Gasteiger partial charge on any atom is 0.253 e. The molecule has 0 aromatic heterocycles.